The molecule has 0 aliphatic heterocycles. The Labute approximate surface area is 106 Å². The standard InChI is InChI=1S/C13H17NO4/c1-3-18-12(15)7-8-14-13(16)10-5-4-6-11(9-10)17-2/h4-6,9H,3,7-8H2,1-2H3,(H,14,16). The fourth-order valence-electron chi connectivity index (χ4n) is 1.38. The van der Waals surface area contributed by atoms with Gasteiger partial charge in [-0.2, -0.15) is 0 Å². The van der Waals surface area contributed by atoms with Crippen LogP contribution in [-0.4, -0.2) is 32.1 Å². The van der Waals surface area contributed by atoms with Crippen LogP contribution in [0.2, 0.25) is 0 Å². The van der Waals surface area contributed by atoms with E-state index in [-0.39, 0.29) is 24.8 Å². The molecule has 0 unspecified atom stereocenters. The summed E-state index contributed by atoms with van der Waals surface area (Å²) in [5, 5.41) is 2.64. The lowest BCUT2D eigenvalue weighted by molar-refractivity contribution is -0.142. The highest BCUT2D eigenvalue weighted by Gasteiger charge is 2.07. The van der Waals surface area contributed by atoms with Crippen LogP contribution in [0.3, 0.4) is 0 Å². The molecule has 5 heteroatoms. The number of esters is 1. The van der Waals surface area contributed by atoms with Crippen molar-refractivity contribution in [1.82, 2.24) is 5.32 Å². The second-order valence-corrected chi connectivity index (χ2v) is 3.54. The van der Waals surface area contributed by atoms with E-state index in [1.807, 2.05) is 0 Å². The van der Waals surface area contributed by atoms with E-state index in [0.717, 1.165) is 0 Å². The molecule has 0 spiro atoms. The van der Waals surface area contributed by atoms with E-state index in [9.17, 15) is 9.59 Å². The second kappa shape index (κ2) is 7.32. The number of nitrogens with one attached hydrogen (secondary N) is 1. The van der Waals surface area contributed by atoms with Crippen molar-refractivity contribution in [2.75, 3.05) is 20.3 Å². The summed E-state index contributed by atoms with van der Waals surface area (Å²) >= 11 is 0. The number of amides is 1. The zero-order valence-corrected chi connectivity index (χ0v) is 10.6. The zero-order valence-electron chi connectivity index (χ0n) is 10.6. The molecule has 1 aromatic carbocycles. The molecule has 1 rings (SSSR count). The molecule has 0 atom stereocenters. The first kappa shape index (κ1) is 14.0. The van der Waals surface area contributed by atoms with E-state index in [1.54, 1.807) is 31.2 Å². The molecule has 1 amide bonds. The maximum Gasteiger partial charge on any atom is 0.307 e. The molecule has 1 N–H and O–H groups in total. The third-order valence-corrected chi connectivity index (χ3v) is 2.25. The van der Waals surface area contributed by atoms with Gasteiger partial charge in [0.1, 0.15) is 5.75 Å². The Hall–Kier alpha value is -2.04. The van der Waals surface area contributed by atoms with Crippen molar-refractivity contribution < 1.29 is 19.1 Å². The molecule has 0 aliphatic rings. The number of rotatable bonds is 6. The van der Waals surface area contributed by atoms with Gasteiger partial charge in [-0.15, -0.1) is 0 Å². The zero-order chi connectivity index (χ0) is 13.4. The first-order chi connectivity index (χ1) is 8.67. The highest BCUT2D eigenvalue weighted by molar-refractivity contribution is 5.94. The Balaban J connectivity index is 2.42. The van der Waals surface area contributed by atoms with Crippen molar-refractivity contribution in [3.05, 3.63) is 29.8 Å². The van der Waals surface area contributed by atoms with E-state index in [1.165, 1.54) is 7.11 Å². The summed E-state index contributed by atoms with van der Waals surface area (Å²) < 4.78 is 9.78. The van der Waals surface area contributed by atoms with Crippen molar-refractivity contribution in [1.29, 1.82) is 0 Å². The molecule has 18 heavy (non-hydrogen) atoms. The minimum atomic E-state index is -0.316. The van der Waals surface area contributed by atoms with Gasteiger partial charge in [-0.1, -0.05) is 6.07 Å². The number of benzene rings is 1. The first-order valence-electron chi connectivity index (χ1n) is 5.75. The summed E-state index contributed by atoms with van der Waals surface area (Å²) in [4.78, 5) is 22.8. The summed E-state index contributed by atoms with van der Waals surface area (Å²) in [6.07, 6.45) is 0.170. The van der Waals surface area contributed by atoms with Crippen LogP contribution in [-0.2, 0) is 9.53 Å². The molecule has 0 fully saturated rings. The highest BCUT2D eigenvalue weighted by Crippen LogP contribution is 2.12. The van der Waals surface area contributed by atoms with Crippen LogP contribution in [0, 0.1) is 0 Å². The minimum Gasteiger partial charge on any atom is -0.497 e. The molecule has 0 heterocycles. The molecule has 0 saturated heterocycles. The van der Waals surface area contributed by atoms with Gasteiger partial charge in [0.05, 0.1) is 20.1 Å². The van der Waals surface area contributed by atoms with Crippen LogP contribution >= 0.6 is 0 Å². The van der Waals surface area contributed by atoms with E-state index < -0.39 is 0 Å². The first-order valence-corrected chi connectivity index (χ1v) is 5.75. The van der Waals surface area contributed by atoms with Gasteiger partial charge in [0.25, 0.3) is 5.91 Å². The number of carbonyl (C=O) groups excluding carboxylic acids is 2. The molecule has 0 radical (unpaired) electrons. The molecule has 5 nitrogen and oxygen atoms in total. The van der Waals surface area contributed by atoms with Crippen molar-refractivity contribution in [2.24, 2.45) is 0 Å². The van der Waals surface area contributed by atoms with Crippen LogP contribution in [0.5, 0.6) is 5.75 Å². The molecule has 0 aromatic heterocycles. The number of methoxy groups -OCH3 is 1. The van der Waals surface area contributed by atoms with E-state index >= 15 is 0 Å². The minimum absolute atomic E-state index is 0.170. The Morgan fingerprint density at radius 1 is 1.33 bits per heavy atom. The van der Waals surface area contributed by atoms with Crippen LogP contribution in [0.15, 0.2) is 24.3 Å². The van der Waals surface area contributed by atoms with Gasteiger partial charge in [0, 0.05) is 12.1 Å². The van der Waals surface area contributed by atoms with Gasteiger partial charge in [-0.25, -0.2) is 0 Å². The van der Waals surface area contributed by atoms with Crippen molar-refractivity contribution in [2.45, 2.75) is 13.3 Å². The summed E-state index contributed by atoms with van der Waals surface area (Å²) in [7, 11) is 1.54. The average Bonchev–Trinajstić information content (AvgIpc) is 2.39. The molecular weight excluding hydrogens is 234 g/mol. The smallest absolute Gasteiger partial charge is 0.307 e. The molecule has 1 aromatic rings. The predicted molar refractivity (Wildman–Crippen MR) is 66.6 cm³/mol. The largest absolute Gasteiger partial charge is 0.497 e. The summed E-state index contributed by atoms with van der Waals surface area (Å²) in [6, 6.07) is 6.82. The molecule has 0 aliphatic carbocycles. The molecule has 0 saturated carbocycles. The number of ether oxygens (including phenoxy) is 2. The third-order valence-electron chi connectivity index (χ3n) is 2.25. The summed E-state index contributed by atoms with van der Waals surface area (Å²) in [5.41, 5.74) is 0.498. The Morgan fingerprint density at radius 2 is 2.11 bits per heavy atom. The maximum absolute atomic E-state index is 11.7. The monoisotopic (exact) mass is 251 g/mol. The average molecular weight is 251 g/mol. The van der Waals surface area contributed by atoms with Crippen LogP contribution in [0.1, 0.15) is 23.7 Å². The predicted octanol–water partition coefficient (Wildman–Crippen LogP) is 1.38. The number of carbonyl (C=O) groups is 2. The fourth-order valence-corrected chi connectivity index (χ4v) is 1.38. The quantitative estimate of drug-likeness (QED) is 0.776. The lowest BCUT2D eigenvalue weighted by Crippen LogP contribution is -2.26. The fraction of sp³-hybridized carbons (Fsp3) is 0.385. The topological polar surface area (TPSA) is 64.6 Å². The summed E-state index contributed by atoms with van der Waals surface area (Å²) in [6.45, 7) is 2.35. The van der Waals surface area contributed by atoms with Crippen molar-refractivity contribution in [3.63, 3.8) is 0 Å². The number of hydrogen-bond acceptors (Lipinski definition) is 4. The lowest BCUT2D eigenvalue weighted by atomic mass is 10.2. The Kier molecular flexibility index (Phi) is 5.70. The normalized spacial score (nSPS) is 9.67. The second-order valence-electron chi connectivity index (χ2n) is 3.54. The van der Waals surface area contributed by atoms with Gasteiger partial charge in [-0.05, 0) is 25.1 Å². The molecule has 98 valence electrons. The van der Waals surface area contributed by atoms with Gasteiger partial charge >= 0.3 is 5.97 Å². The Bertz CT molecular complexity index is 417. The van der Waals surface area contributed by atoms with Gasteiger partial charge in [0.2, 0.25) is 0 Å². The SMILES string of the molecule is CCOC(=O)CCNC(=O)c1cccc(OC)c1. The number of hydrogen-bond donors (Lipinski definition) is 1. The van der Waals surface area contributed by atoms with Crippen molar-refractivity contribution in [3.8, 4) is 5.75 Å². The van der Waals surface area contributed by atoms with E-state index in [0.29, 0.717) is 17.9 Å². The van der Waals surface area contributed by atoms with Gasteiger partial charge in [0.15, 0.2) is 0 Å². The van der Waals surface area contributed by atoms with Crippen LogP contribution in [0.25, 0.3) is 0 Å². The van der Waals surface area contributed by atoms with E-state index in [4.69, 9.17) is 9.47 Å². The van der Waals surface area contributed by atoms with Crippen LogP contribution < -0.4 is 10.1 Å². The highest BCUT2D eigenvalue weighted by atomic mass is 16.5. The molecular formula is C13H17NO4. The summed E-state index contributed by atoms with van der Waals surface area (Å²) in [5.74, 6) is 0.0645. The lowest BCUT2D eigenvalue weighted by Gasteiger charge is -2.06. The third kappa shape index (κ3) is 4.45. The van der Waals surface area contributed by atoms with Crippen LogP contribution in [0.4, 0.5) is 0 Å². The van der Waals surface area contributed by atoms with E-state index in [2.05, 4.69) is 5.32 Å². The van der Waals surface area contributed by atoms with Gasteiger partial charge in [-0.3, -0.25) is 9.59 Å². The van der Waals surface area contributed by atoms with Gasteiger partial charge < -0.3 is 14.8 Å². The van der Waals surface area contributed by atoms with Crippen molar-refractivity contribution >= 4 is 11.9 Å². The molecule has 0 bridgehead atoms. The Morgan fingerprint density at radius 3 is 2.78 bits per heavy atom. The maximum atomic E-state index is 11.7.